The smallest absolute Gasteiger partial charge is 0.145 e. The second-order valence-corrected chi connectivity index (χ2v) is 14.7. The molecular weight excluding hydrogens is 669 g/mol. The van der Waals surface area contributed by atoms with Gasteiger partial charge in [0.05, 0.1) is 54.6 Å². The zero-order chi connectivity index (χ0) is 34.6. The normalized spacial score (nSPS) is 13.2. The Morgan fingerprint density at radius 3 is 1.00 bits per heavy atom. The lowest BCUT2D eigenvalue weighted by atomic mass is 10.0. The average molecular weight is 691 g/mol. The van der Waals surface area contributed by atoms with Gasteiger partial charge in [-0.1, -0.05) is 72.8 Å². The van der Waals surface area contributed by atoms with Crippen LogP contribution in [0.15, 0.2) is 151 Å². The molecule has 0 bridgehead atoms. The first-order valence-corrected chi connectivity index (χ1v) is 18.3. The van der Waals surface area contributed by atoms with E-state index in [2.05, 4.69) is 118 Å². The standard InChI is InChI=1S/C48H22N2O4/c1-5-13-35-23(9-1)27-17-19-31-39(45(27)51-35)41-43-33(21-29-25-11-3-7-15-37(25)53-47(29)41)50-32-20-18-28-24-10-2-6-14-36(24)52-46(28)40(32)42-44(50)34(49(31)43)22-30-26-12-4-8-16-38(26)54-48(30)42/h1-22H. The SMILES string of the molecule is c1ccc2c(c1)oc1c2ccc2c1c1c3oc4ccccc4c3cc3c1n2c1cc2c4ccccc4oc2c2c4c5oc6ccccc6c5ccc4n3c21. The highest BCUT2D eigenvalue weighted by atomic mass is 16.3. The molecule has 15 rings (SSSR count). The fourth-order valence-electron chi connectivity index (χ4n) is 10.1. The maximum absolute atomic E-state index is 6.88. The zero-order valence-electron chi connectivity index (χ0n) is 28.2. The number of aromatic nitrogens is 2. The quantitative estimate of drug-likeness (QED) is 0.149. The Labute approximate surface area is 301 Å². The third-order valence-corrected chi connectivity index (χ3v) is 12.2. The number of hydrogen-bond acceptors (Lipinski definition) is 4. The second-order valence-electron chi connectivity index (χ2n) is 14.7. The van der Waals surface area contributed by atoms with E-state index in [9.17, 15) is 0 Å². The number of hydrogen-bond donors (Lipinski definition) is 0. The third kappa shape index (κ3) is 2.77. The zero-order valence-corrected chi connectivity index (χ0v) is 28.2. The van der Waals surface area contributed by atoms with Gasteiger partial charge in [0.15, 0.2) is 0 Å². The van der Waals surface area contributed by atoms with Crippen molar-refractivity contribution < 1.29 is 17.7 Å². The number of nitrogens with zero attached hydrogens (tertiary/aromatic N) is 2. The average Bonchev–Trinajstić information content (AvgIpc) is 4.05. The van der Waals surface area contributed by atoms with E-state index >= 15 is 0 Å². The van der Waals surface area contributed by atoms with Crippen molar-refractivity contribution >= 4 is 142 Å². The number of benzene rings is 8. The van der Waals surface area contributed by atoms with Crippen molar-refractivity contribution in [2.24, 2.45) is 0 Å². The van der Waals surface area contributed by atoms with Crippen molar-refractivity contribution in [3.63, 3.8) is 0 Å². The lowest BCUT2D eigenvalue weighted by Gasteiger charge is -2.12. The minimum absolute atomic E-state index is 0.857. The molecule has 0 saturated heterocycles. The van der Waals surface area contributed by atoms with Crippen LogP contribution in [-0.4, -0.2) is 8.80 Å². The molecule has 0 aliphatic carbocycles. The number of fused-ring (bicyclic) bond motifs is 24. The molecule has 0 spiro atoms. The van der Waals surface area contributed by atoms with Gasteiger partial charge in [0, 0.05) is 43.1 Å². The maximum Gasteiger partial charge on any atom is 0.145 e. The van der Waals surface area contributed by atoms with E-state index in [1.165, 1.54) is 0 Å². The third-order valence-electron chi connectivity index (χ3n) is 12.2. The van der Waals surface area contributed by atoms with Crippen molar-refractivity contribution in [3.8, 4) is 0 Å². The predicted molar refractivity (Wildman–Crippen MR) is 219 cm³/mol. The number of furan rings is 4. The van der Waals surface area contributed by atoms with Crippen LogP contribution in [0.25, 0.3) is 142 Å². The molecule has 0 radical (unpaired) electrons. The maximum atomic E-state index is 6.88. The Kier molecular flexibility index (Phi) is 4.20. The Balaban J connectivity index is 1.33. The number of para-hydroxylation sites is 4. The van der Waals surface area contributed by atoms with Gasteiger partial charge in [-0.15, -0.1) is 0 Å². The minimum atomic E-state index is 0.857. The summed E-state index contributed by atoms with van der Waals surface area (Å²) in [5, 5.41) is 12.8. The van der Waals surface area contributed by atoms with Crippen LogP contribution in [-0.2, 0) is 0 Å². The summed E-state index contributed by atoms with van der Waals surface area (Å²) in [4.78, 5) is 0. The molecule has 7 heterocycles. The summed E-state index contributed by atoms with van der Waals surface area (Å²) in [6.45, 7) is 0. The van der Waals surface area contributed by atoms with E-state index < -0.39 is 0 Å². The Hall–Kier alpha value is -7.44. The molecule has 0 saturated carbocycles. The molecule has 0 aliphatic rings. The van der Waals surface area contributed by atoms with Gasteiger partial charge in [-0.25, -0.2) is 0 Å². The van der Waals surface area contributed by atoms with E-state index in [1.807, 2.05) is 24.3 Å². The molecule has 0 atom stereocenters. The van der Waals surface area contributed by atoms with Crippen LogP contribution in [0.3, 0.4) is 0 Å². The van der Waals surface area contributed by atoms with Crippen molar-refractivity contribution in [1.82, 2.24) is 8.80 Å². The lowest BCUT2D eigenvalue weighted by Crippen LogP contribution is -1.97. The van der Waals surface area contributed by atoms with Crippen LogP contribution in [0.1, 0.15) is 0 Å². The van der Waals surface area contributed by atoms with Crippen LogP contribution in [0.2, 0.25) is 0 Å². The van der Waals surface area contributed by atoms with Gasteiger partial charge in [0.1, 0.15) is 44.7 Å². The highest BCUT2D eigenvalue weighted by Crippen LogP contribution is 2.51. The highest BCUT2D eigenvalue weighted by Gasteiger charge is 2.30. The first kappa shape index (κ1) is 26.4. The Morgan fingerprint density at radius 1 is 0.278 bits per heavy atom. The molecule has 54 heavy (non-hydrogen) atoms. The first-order valence-electron chi connectivity index (χ1n) is 18.3. The van der Waals surface area contributed by atoms with E-state index in [1.54, 1.807) is 0 Å². The summed E-state index contributed by atoms with van der Waals surface area (Å²) in [5.74, 6) is 0. The van der Waals surface area contributed by atoms with Crippen LogP contribution < -0.4 is 0 Å². The van der Waals surface area contributed by atoms with Crippen LogP contribution >= 0.6 is 0 Å². The van der Waals surface area contributed by atoms with Crippen LogP contribution in [0.4, 0.5) is 0 Å². The Bertz CT molecular complexity index is 3920. The molecule has 0 aliphatic heterocycles. The molecule has 0 fully saturated rings. The van der Waals surface area contributed by atoms with Gasteiger partial charge < -0.3 is 26.5 Å². The van der Waals surface area contributed by atoms with Crippen molar-refractivity contribution in [2.45, 2.75) is 0 Å². The molecular formula is C48H22N2O4. The van der Waals surface area contributed by atoms with E-state index in [4.69, 9.17) is 17.7 Å². The van der Waals surface area contributed by atoms with Gasteiger partial charge >= 0.3 is 0 Å². The predicted octanol–water partition coefficient (Wildman–Crippen LogP) is 13.8. The van der Waals surface area contributed by atoms with Crippen molar-refractivity contribution in [3.05, 3.63) is 133 Å². The second kappa shape index (κ2) is 8.60. The molecule has 7 aromatic heterocycles. The highest BCUT2D eigenvalue weighted by molar-refractivity contribution is 6.38. The van der Waals surface area contributed by atoms with Gasteiger partial charge in [-0.3, -0.25) is 0 Å². The van der Waals surface area contributed by atoms with E-state index in [-0.39, 0.29) is 0 Å². The Morgan fingerprint density at radius 2 is 0.611 bits per heavy atom. The summed E-state index contributed by atoms with van der Waals surface area (Å²) in [7, 11) is 0. The summed E-state index contributed by atoms with van der Waals surface area (Å²) < 4.78 is 32.3. The monoisotopic (exact) mass is 690 g/mol. The molecule has 6 nitrogen and oxygen atoms in total. The van der Waals surface area contributed by atoms with Crippen LogP contribution in [0.5, 0.6) is 0 Å². The molecule has 0 N–H and O–H groups in total. The molecule has 0 amide bonds. The summed E-state index contributed by atoms with van der Waals surface area (Å²) in [6, 6.07) is 46.9. The number of rotatable bonds is 0. The van der Waals surface area contributed by atoms with Gasteiger partial charge in [-0.05, 0) is 60.7 Å². The molecule has 8 aromatic carbocycles. The minimum Gasteiger partial charge on any atom is -0.455 e. The van der Waals surface area contributed by atoms with Crippen LogP contribution in [0, 0.1) is 0 Å². The van der Waals surface area contributed by atoms with Gasteiger partial charge in [-0.2, -0.15) is 0 Å². The summed E-state index contributed by atoms with van der Waals surface area (Å²) >= 11 is 0. The summed E-state index contributed by atoms with van der Waals surface area (Å²) in [6.07, 6.45) is 0. The lowest BCUT2D eigenvalue weighted by molar-refractivity contribution is 0.670. The van der Waals surface area contributed by atoms with Crippen molar-refractivity contribution in [1.29, 1.82) is 0 Å². The molecule has 15 aromatic rings. The first-order chi connectivity index (χ1) is 26.8. The fourth-order valence-corrected chi connectivity index (χ4v) is 10.1. The topological polar surface area (TPSA) is 61.4 Å². The molecule has 0 unspecified atom stereocenters. The molecule has 6 heteroatoms. The van der Waals surface area contributed by atoms with Gasteiger partial charge in [0.25, 0.3) is 0 Å². The van der Waals surface area contributed by atoms with Gasteiger partial charge in [0.2, 0.25) is 0 Å². The molecule has 248 valence electrons. The fraction of sp³-hybridized carbons (Fsp3) is 0. The van der Waals surface area contributed by atoms with E-state index in [0.29, 0.717) is 0 Å². The summed E-state index contributed by atoms with van der Waals surface area (Å²) in [5.41, 5.74) is 13.3. The van der Waals surface area contributed by atoms with Crippen molar-refractivity contribution in [2.75, 3.05) is 0 Å². The van der Waals surface area contributed by atoms with E-state index in [0.717, 1.165) is 142 Å². The largest absolute Gasteiger partial charge is 0.455 e.